The van der Waals surface area contributed by atoms with Crippen molar-refractivity contribution in [2.75, 3.05) is 7.11 Å². The lowest BCUT2D eigenvalue weighted by Gasteiger charge is -2.41. The Hall–Kier alpha value is -1.06. The first kappa shape index (κ1) is 13.9. The molecule has 2 fully saturated rings. The van der Waals surface area contributed by atoms with Crippen LogP contribution in [0.4, 0.5) is 0 Å². The van der Waals surface area contributed by atoms with E-state index in [0.717, 1.165) is 30.7 Å². The summed E-state index contributed by atoms with van der Waals surface area (Å²) in [6.45, 7) is 5.35. The molecule has 0 saturated heterocycles. The molecule has 2 saturated carbocycles. The Balaban J connectivity index is 1.81. The highest BCUT2D eigenvalue weighted by Crippen LogP contribution is 2.60. The maximum atomic E-state index is 10.5. The van der Waals surface area contributed by atoms with Crippen molar-refractivity contribution in [3.63, 3.8) is 0 Å². The zero-order chi connectivity index (χ0) is 14.4. The van der Waals surface area contributed by atoms with E-state index in [-0.39, 0.29) is 17.1 Å². The molecule has 3 atom stereocenters. The van der Waals surface area contributed by atoms with Crippen molar-refractivity contribution >= 4 is 0 Å². The Morgan fingerprint density at radius 2 is 2.10 bits per heavy atom. The predicted molar refractivity (Wildman–Crippen MR) is 79.7 cm³/mol. The van der Waals surface area contributed by atoms with E-state index < -0.39 is 0 Å². The van der Waals surface area contributed by atoms with Gasteiger partial charge in [0.25, 0.3) is 0 Å². The third-order valence-electron chi connectivity index (χ3n) is 5.92. The molecule has 2 N–H and O–H groups in total. The first-order valence-corrected chi connectivity index (χ1v) is 7.56. The normalized spacial score (nSPS) is 34.4. The number of para-hydroxylation sites is 1. The molecule has 0 spiro atoms. The van der Waals surface area contributed by atoms with E-state index in [1.807, 2.05) is 18.2 Å². The fourth-order valence-corrected chi connectivity index (χ4v) is 4.46. The fourth-order valence-electron chi connectivity index (χ4n) is 4.46. The molecule has 0 amide bonds. The lowest BCUT2D eigenvalue weighted by Crippen LogP contribution is -2.57. The zero-order valence-electron chi connectivity index (χ0n) is 12.6. The van der Waals surface area contributed by atoms with Crippen LogP contribution in [0.1, 0.15) is 38.7 Å². The molecule has 0 aliphatic heterocycles. The van der Waals surface area contributed by atoms with Crippen LogP contribution in [0.15, 0.2) is 24.3 Å². The summed E-state index contributed by atoms with van der Waals surface area (Å²) in [6, 6.07) is 8.09. The number of rotatable bonds is 4. The Labute approximate surface area is 121 Å². The van der Waals surface area contributed by atoms with Crippen LogP contribution in [-0.4, -0.2) is 23.9 Å². The minimum absolute atomic E-state index is 0.140. The number of hydrogen-bond donors (Lipinski definition) is 2. The van der Waals surface area contributed by atoms with Crippen LogP contribution in [0.2, 0.25) is 0 Å². The van der Waals surface area contributed by atoms with Gasteiger partial charge in [-0.05, 0) is 36.7 Å². The topological polar surface area (TPSA) is 41.5 Å². The summed E-state index contributed by atoms with van der Waals surface area (Å²) >= 11 is 0. The van der Waals surface area contributed by atoms with Gasteiger partial charge in [0.1, 0.15) is 5.75 Å². The third-order valence-corrected chi connectivity index (χ3v) is 5.92. The quantitative estimate of drug-likeness (QED) is 0.888. The second-order valence-corrected chi connectivity index (χ2v) is 6.85. The van der Waals surface area contributed by atoms with Crippen LogP contribution in [0, 0.1) is 11.3 Å². The standard InChI is InChI=1S/C17H25NO2/c1-16(2)13-8-9-17(16,15(19)10-13)18-11-12-6-4-5-7-14(12)20-3/h4-7,13,15,18-19H,8-11H2,1-3H3. The summed E-state index contributed by atoms with van der Waals surface area (Å²) in [6.07, 6.45) is 3.00. The van der Waals surface area contributed by atoms with Crippen LogP contribution in [0.5, 0.6) is 5.75 Å². The number of ether oxygens (including phenoxy) is 1. The number of fused-ring (bicyclic) bond motifs is 2. The van der Waals surface area contributed by atoms with Crippen LogP contribution >= 0.6 is 0 Å². The highest BCUT2D eigenvalue weighted by molar-refractivity contribution is 5.33. The molecule has 2 aliphatic rings. The molecule has 0 heterocycles. The van der Waals surface area contributed by atoms with Gasteiger partial charge in [-0.3, -0.25) is 0 Å². The van der Waals surface area contributed by atoms with E-state index in [9.17, 15) is 5.11 Å². The minimum atomic E-state index is -0.231. The highest BCUT2D eigenvalue weighted by Gasteiger charge is 2.63. The molecule has 0 radical (unpaired) electrons. The van der Waals surface area contributed by atoms with Gasteiger partial charge in [0.05, 0.1) is 13.2 Å². The number of hydrogen-bond acceptors (Lipinski definition) is 3. The summed E-state index contributed by atoms with van der Waals surface area (Å²) in [5, 5.41) is 14.2. The van der Waals surface area contributed by atoms with Gasteiger partial charge in [-0.2, -0.15) is 0 Å². The lowest BCUT2D eigenvalue weighted by atomic mass is 9.75. The molecule has 1 aromatic carbocycles. The molecule has 3 nitrogen and oxygen atoms in total. The first-order valence-electron chi connectivity index (χ1n) is 7.56. The summed E-state index contributed by atoms with van der Waals surface area (Å²) < 4.78 is 5.41. The van der Waals surface area contributed by atoms with Gasteiger partial charge >= 0.3 is 0 Å². The van der Waals surface area contributed by atoms with Gasteiger partial charge in [0.15, 0.2) is 0 Å². The summed E-state index contributed by atoms with van der Waals surface area (Å²) in [5.41, 5.74) is 1.18. The van der Waals surface area contributed by atoms with Crippen molar-refractivity contribution in [1.82, 2.24) is 5.32 Å². The predicted octanol–water partition coefficient (Wildman–Crippen LogP) is 2.72. The maximum Gasteiger partial charge on any atom is 0.123 e. The van der Waals surface area contributed by atoms with Crippen molar-refractivity contribution in [3.05, 3.63) is 29.8 Å². The van der Waals surface area contributed by atoms with Gasteiger partial charge in [0, 0.05) is 17.6 Å². The second kappa shape index (κ2) is 4.74. The Morgan fingerprint density at radius 1 is 1.35 bits per heavy atom. The lowest BCUT2D eigenvalue weighted by molar-refractivity contribution is 0.0365. The van der Waals surface area contributed by atoms with E-state index in [2.05, 4.69) is 25.2 Å². The summed E-state index contributed by atoms with van der Waals surface area (Å²) in [7, 11) is 1.71. The Bertz CT molecular complexity index is 500. The molecule has 2 bridgehead atoms. The van der Waals surface area contributed by atoms with Gasteiger partial charge in [0.2, 0.25) is 0 Å². The molecule has 3 heteroatoms. The molecule has 1 aromatic rings. The van der Waals surface area contributed by atoms with E-state index in [1.165, 1.54) is 6.42 Å². The van der Waals surface area contributed by atoms with Crippen LogP contribution in [0.25, 0.3) is 0 Å². The van der Waals surface area contributed by atoms with Crippen molar-refractivity contribution in [1.29, 1.82) is 0 Å². The first-order chi connectivity index (χ1) is 9.51. The number of aliphatic hydroxyl groups is 1. The maximum absolute atomic E-state index is 10.5. The molecule has 3 unspecified atom stereocenters. The van der Waals surface area contributed by atoms with Crippen molar-refractivity contribution in [2.24, 2.45) is 11.3 Å². The Kier molecular flexibility index (Phi) is 3.30. The highest BCUT2D eigenvalue weighted by atomic mass is 16.5. The van der Waals surface area contributed by atoms with Gasteiger partial charge < -0.3 is 15.2 Å². The molecule has 20 heavy (non-hydrogen) atoms. The number of nitrogens with one attached hydrogen (secondary N) is 1. The Morgan fingerprint density at radius 3 is 2.70 bits per heavy atom. The molecular weight excluding hydrogens is 250 g/mol. The van der Waals surface area contributed by atoms with Crippen LogP contribution in [0.3, 0.4) is 0 Å². The van der Waals surface area contributed by atoms with Crippen LogP contribution < -0.4 is 10.1 Å². The van der Waals surface area contributed by atoms with Gasteiger partial charge in [-0.15, -0.1) is 0 Å². The SMILES string of the molecule is COc1ccccc1CNC12CCC(CC1O)C2(C)C. The summed E-state index contributed by atoms with van der Waals surface area (Å²) in [5.74, 6) is 1.55. The van der Waals surface area contributed by atoms with Gasteiger partial charge in [-0.25, -0.2) is 0 Å². The smallest absolute Gasteiger partial charge is 0.123 e. The van der Waals surface area contributed by atoms with Crippen LogP contribution in [-0.2, 0) is 6.54 Å². The van der Waals surface area contributed by atoms with Crippen molar-refractivity contribution in [2.45, 2.75) is 51.3 Å². The average Bonchev–Trinajstić information content (AvgIpc) is 2.79. The number of aliphatic hydroxyl groups excluding tert-OH is 1. The molecule has 0 aromatic heterocycles. The minimum Gasteiger partial charge on any atom is -0.496 e. The number of benzene rings is 1. The average molecular weight is 275 g/mol. The van der Waals surface area contributed by atoms with E-state index in [4.69, 9.17) is 4.74 Å². The largest absolute Gasteiger partial charge is 0.496 e. The van der Waals surface area contributed by atoms with Gasteiger partial charge in [-0.1, -0.05) is 32.0 Å². The monoisotopic (exact) mass is 275 g/mol. The molecular formula is C17H25NO2. The zero-order valence-corrected chi connectivity index (χ0v) is 12.6. The van der Waals surface area contributed by atoms with E-state index >= 15 is 0 Å². The van der Waals surface area contributed by atoms with Crippen molar-refractivity contribution < 1.29 is 9.84 Å². The second-order valence-electron chi connectivity index (χ2n) is 6.85. The molecule has 110 valence electrons. The van der Waals surface area contributed by atoms with Crippen molar-refractivity contribution in [3.8, 4) is 5.75 Å². The van der Waals surface area contributed by atoms with E-state index in [1.54, 1.807) is 7.11 Å². The summed E-state index contributed by atoms with van der Waals surface area (Å²) in [4.78, 5) is 0. The van der Waals surface area contributed by atoms with E-state index in [0.29, 0.717) is 5.92 Å². The third kappa shape index (κ3) is 1.80. The molecule has 3 rings (SSSR count). The fraction of sp³-hybridized carbons (Fsp3) is 0.647. The molecule has 2 aliphatic carbocycles. The number of methoxy groups -OCH3 is 1.